The molecule has 3 aliphatic rings. The molecule has 2 bridgehead atoms. The summed E-state index contributed by atoms with van der Waals surface area (Å²) in [6.07, 6.45) is 4.95. The van der Waals surface area contributed by atoms with E-state index in [1.54, 1.807) is 0 Å². The number of rotatable bonds is 1. The average Bonchev–Trinajstić information content (AvgIpc) is 2.93. The maximum absolute atomic E-state index is 12.1. The molecule has 1 amide bonds. The molecule has 1 aliphatic carbocycles. The summed E-state index contributed by atoms with van der Waals surface area (Å²) in [4.78, 5) is 14.3. The van der Waals surface area contributed by atoms with E-state index < -0.39 is 0 Å². The predicted molar refractivity (Wildman–Crippen MR) is 53.8 cm³/mol. The zero-order chi connectivity index (χ0) is 9.54. The number of nitrogens with zero attached hydrogens (tertiary/aromatic N) is 1. The van der Waals surface area contributed by atoms with Crippen molar-refractivity contribution in [3.8, 4) is 0 Å². The van der Waals surface area contributed by atoms with Crippen molar-refractivity contribution < 1.29 is 4.79 Å². The van der Waals surface area contributed by atoms with Crippen molar-refractivity contribution in [2.24, 2.45) is 11.8 Å². The fourth-order valence-corrected chi connectivity index (χ4v) is 3.29. The highest BCUT2D eigenvalue weighted by Gasteiger charge is 2.42. The van der Waals surface area contributed by atoms with Gasteiger partial charge in [0.2, 0.25) is 5.91 Å². The molecule has 0 radical (unpaired) electrons. The van der Waals surface area contributed by atoms with Gasteiger partial charge in [-0.1, -0.05) is 0 Å². The summed E-state index contributed by atoms with van der Waals surface area (Å²) < 4.78 is 0. The first-order valence-electron chi connectivity index (χ1n) is 5.86. The molecule has 2 aliphatic heterocycles. The molecule has 0 aromatic rings. The van der Waals surface area contributed by atoms with E-state index in [1.165, 1.54) is 19.3 Å². The largest absolute Gasteiger partial charge is 0.339 e. The Balaban J connectivity index is 1.67. The van der Waals surface area contributed by atoms with E-state index in [-0.39, 0.29) is 5.92 Å². The van der Waals surface area contributed by atoms with Crippen molar-refractivity contribution in [2.45, 2.75) is 31.7 Å². The highest BCUT2D eigenvalue weighted by atomic mass is 16.2. The minimum atomic E-state index is 0.286. The molecular weight excluding hydrogens is 176 g/mol. The van der Waals surface area contributed by atoms with Gasteiger partial charge in [-0.2, -0.15) is 0 Å². The Morgan fingerprint density at radius 2 is 2.21 bits per heavy atom. The molecule has 2 saturated heterocycles. The van der Waals surface area contributed by atoms with E-state index in [4.69, 9.17) is 0 Å². The molecule has 0 spiro atoms. The molecule has 78 valence electrons. The van der Waals surface area contributed by atoms with Gasteiger partial charge in [0, 0.05) is 19.1 Å². The number of carbonyl (C=O) groups excluding carboxylic acids is 1. The highest BCUT2D eigenvalue weighted by Crippen LogP contribution is 2.38. The Morgan fingerprint density at radius 3 is 2.79 bits per heavy atom. The standard InChI is InChI=1S/C11H18N2O/c14-11(9-3-4-12-6-9)13-7-8-1-2-10(13)5-8/h8-10,12H,1-7H2. The molecule has 14 heavy (non-hydrogen) atoms. The molecule has 2 heterocycles. The topological polar surface area (TPSA) is 32.3 Å². The summed E-state index contributed by atoms with van der Waals surface area (Å²) in [6, 6.07) is 0.605. The molecule has 3 fully saturated rings. The molecule has 0 aromatic carbocycles. The smallest absolute Gasteiger partial charge is 0.227 e. The lowest BCUT2D eigenvalue weighted by Gasteiger charge is -2.29. The Labute approximate surface area is 84.8 Å². The van der Waals surface area contributed by atoms with Gasteiger partial charge in [0.05, 0.1) is 5.92 Å². The maximum Gasteiger partial charge on any atom is 0.227 e. The predicted octanol–water partition coefficient (Wildman–Crippen LogP) is 0.607. The molecule has 3 nitrogen and oxygen atoms in total. The first-order chi connectivity index (χ1) is 6.84. The van der Waals surface area contributed by atoms with Crippen molar-refractivity contribution in [3.63, 3.8) is 0 Å². The lowest BCUT2D eigenvalue weighted by atomic mass is 10.0. The third-order valence-corrected chi connectivity index (χ3v) is 4.10. The molecule has 3 heteroatoms. The fraction of sp³-hybridized carbons (Fsp3) is 0.909. The van der Waals surface area contributed by atoms with Crippen LogP contribution in [0.4, 0.5) is 0 Å². The van der Waals surface area contributed by atoms with E-state index in [0.29, 0.717) is 11.9 Å². The third-order valence-electron chi connectivity index (χ3n) is 4.10. The molecular formula is C11H18N2O. The molecule has 3 atom stereocenters. The number of carbonyl (C=O) groups is 1. The van der Waals surface area contributed by atoms with Crippen LogP contribution in [0.15, 0.2) is 0 Å². The summed E-state index contributed by atoms with van der Waals surface area (Å²) in [5, 5.41) is 3.27. The number of amides is 1. The maximum atomic E-state index is 12.1. The van der Waals surface area contributed by atoms with Crippen LogP contribution in [0, 0.1) is 11.8 Å². The molecule has 3 rings (SSSR count). The molecule has 1 saturated carbocycles. The Hall–Kier alpha value is -0.570. The Bertz CT molecular complexity index is 248. The minimum absolute atomic E-state index is 0.286. The van der Waals surface area contributed by atoms with Gasteiger partial charge in [-0.25, -0.2) is 0 Å². The summed E-state index contributed by atoms with van der Waals surface area (Å²) in [5.74, 6) is 1.55. The average molecular weight is 194 g/mol. The fourth-order valence-electron chi connectivity index (χ4n) is 3.29. The van der Waals surface area contributed by atoms with Crippen molar-refractivity contribution >= 4 is 5.91 Å². The van der Waals surface area contributed by atoms with Crippen LogP contribution in [-0.2, 0) is 4.79 Å². The van der Waals surface area contributed by atoms with Crippen LogP contribution >= 0.6 is 0 Å². The van der Waals surface area contributed by atoms with Gasteiger partial charge in [-0.3, -0.25) is 4.79 Å². The highest BCUT2D eigenvalue weighted by molar-refractivity contribution is 5.80. The zero-order valence-corrected chi connectivity index (χ0v) is 8.54. The molecule has 0 aromatic heterocycles. The van der Waals surface area contributed by atoms with Gasteiger partial charge in [0.25, 0.3) is 0 Å². The second-order valence-electron chi connectivity index (χ2n) is 5.01. The van der Waals surface area contributed by atoms with Crippen LogP contribution in [0.2, 0.25) is 0 Å². The van der Waals surface area contributed by atoms with Crippen LogP contribution in [-0.4, -0.2) is 36.5 Å². The van der Waals surface area contributed by atoms with Gasteiger partial charge in [0.15, 0.2) is 0 Å². The summed E-state index contributed by atoms with van der Waals surface area (Å²) in [7, 11) is 0. The normalized spacial score (nSPS) is 40.9. The van der Waals surface area contributed by atoms with Crippen molar-refractivity contribution in [3.05, 3.63) is 0 Å². The Morgan fingerprint density at radius 1 is 1.29 bits per heavy atom. The van der Waals surface area contributed by atoms with Crippen molar-refractivity contribution in [1.82, 2.24) is 10.2 Å². The van der Waals surface area contributed by atoms with E-state index in [1.807, 2.05) is 0 Å². The second kappa shape index (κ2) is 3.23. The minimum Gasteiger partial charge on any atom is -0.339 e. The van der Waals surface area contributed by atoms with Crippen molar-refractivity contribution in [2.75, 3.05) is 19.6 Å². The zero-order valence-electron chi connectivity index (χ0n) is 8.54. The SMILES string of the molecule is O=C(C1CCNC1)N1CC2CCC1C2. The van der Waals surface area contributed by atoms with Gasteiger partial charge < -0.3 is 10.2 Å². The van der Waals surface area contributed by atoms with E-state index in [2.05, 4.69) is 10.2 Å². The molecule has 1 N–H and O–H groups in total. The summed E-state index contributed by atoms with van der Waals surface area (Å²) >= 11 is 0. The van der Waals surface area contributed by atoms with Crippen LogP contribution < -0.4 is 5.32 Å². The van der Waals surface area contributed by atoms with E-state index in [0.717, 1.165) is 32.0 Å². The summed E-state index contributed by atoms with van der Waals surface area (Å²) in [5.41, 5.74) is 0. The lowest BCUT2D eigenvalue weighted by molar-refractivity contribution is -0.136. The number of nitrogens with one attached hydrogen (secondary N) is 1. The molecule has 3 unspecified atom stereocenters. The van der Waals surface area contributed by atoms with Gasteiger partial charge in [0.1, 0.15) is 0 Å². The van der Waals surface area contributed by atoms with Gasteiger partial charge in [-0.15, -0.1) is 0 Å². The van der Waals surface area contributed by atoms with E-state index >= 15 is 0 Å². The van der Waals surface area contributed by atoms with Gasteiger partial charge in [-0.05, 0) is 38.1 Å². The first kappa shape index (κ1) is 8.72. The second-order valence-corrected chi connectivity index (χ2v) is 5.01. The number of hydrogen-bond donors (Lipinski definition) is 1. The third kappa shape index (κ3) is 1.26. The van der Waals surface area contributed by atoms with Gasteiger partial charge >= 0.3 is 0 Å². The summed E-state index contributed by atoms with van der Waals surface area (Å²) in [6.45, 7) is 2.99. The number of fused-ring (bicyclic) bond motifs is 2. The first-order valence-corrected chi connectivity index (χ1v) is 5.86. The lowest BCUT2D eigenvalue weighted by Crippen LogP contribution is -2.41. The number of piperidine rings is 1. The number of likely N-dealkylation sites (tertiary alicyclic amines) is 1. The monoisotopic (exact) mass is 194 g/mol. The Kier molecular flexibility index (Phi) is 2.01. The van der Waals surface area contributed by atoms with Crippen LogP contribution in [0.1, 0.15) is 25.7 Å². The van der Waals surface area contributed by atoms with E-state index in [9.17, 15) is 4.79 Å². The van der Waals surface area contributed by atoms with Crippen LogP contribution in [0.3, 0.4) is 0 Å². The number of hydrogen-bond acceptors (Lipinski definition) is 2. The van der Waals surface area contributed by atoms with Crippen LogP contribution in [0.25, 0.3) is 0 Å². The quantitative estimate of drug-likeness (QED) is 0.663. The van der Waals surface area contributed by atoms with Crippen LogP contribution in [0.5, 0.6) is 0 Å². The van der Waals surface area contributed by atoms with Crippen molar-refractivity contribution in [1.29, 1.82) is 0 Å².